The molecule has 2 aromatic rings. The minimum Gasteiger partial charge on any atom is -0.497 e. The maximum Gasteiger partial charge on any atom is 0.185 e. The van der Waals surface area contributed by atoms with Gasteiger partial charge in [0.1, 0.15) is 11.5 Å². The van der Waals surface area contributed by atoms with Gasteiger partial charge in [0.05, 0.1) is 14.2 Å². The number of ether oxygens (including phenoxy) is 2. The molecule has 1 saturated carbocycles. The Labute approximate surface area is 152 Å². The van der Waals surface area contributed by atoms with Crippen LogP contribution in [0.15, 0.2) is 53.6 Å². The third-order valence-corrected chi connectivity index (χ3v) is 4.39. The molecule has 2 aromatic carbocycles. The highest BCUT2D eigenvalue weighted by Gasteiger charge is 2.23. The highest BCUT2D eigenvalue weighted by molar-refractivity contribution is 6.30. The summed E-state index contributed by atoms with van der Waals surface area (Å²) < 4.78 is 10.6. The number of carbonyl (C=O) groups excluding carboxylic acids is 1. The summed E-state index contributed by atoms with van der Waals surface area (Å²) in [5, 5.41) is 0.666. The summed E-state index contributed by atoms with van der Waals surface area (Å²) in [6.07, 6.45) is 5.29. The van der Waals surface area contributed by atoms with Crippen molar-refractivity contribution < 1.29 is 14.3 Å². The standard InChI is InChI=1S/C21H19ClO3/c1-24-19-11-15(12-20(13-19)25-2)9-17-7-6-16(21(17)23)8-14-4-3-5-18(22)10-14/h3-5,8-13H,6-7H2,1-2H3/b16-8+,17-9+. The molecule has 0 heterocycles. The second-order valence-corrected chi connectivity index (χ2v) is 6.31. The molecule has 0 saturated heterocycles. The molecule has 1 aliphatic carbocycles. The Morgan fingerprint density at radius 3 is 2.04 bits per heavy atom. The molecule has 0 N–H and O–H groups in total. The number of carbonyl (C=O) groups is 1. The van der Waals surface area contributed by atoms with Crippen LogP contribution in [0.3, 0.4) is 0 Å². The summed E-state index contributed by atoms with van der Waals surface area (Å²) in [6.45, 7) is 0. The van der Waals surface area contributed by atoms with Crippen molar-refractivity contribution in [3.63, 3.8) is 0 Å². The van der Waals surface area contributed by atoms with Gasteiger partial charge in [-0.15, -0.1) is 0 Å². The van der Waals surface area contributed by atoms with E-state index in [1.54, 1.807) is 14.2 Å². The molecule has 4 heteroatoms. The molecule has 0 bridgehead atoms. The SMILES string of the molecule is COc1cc(/C=C2\CC/C(=C\c3cccc(Cl)c3)C2=O)cc(OC)c1. The number of hydrogen-bond acceptors (Lipinski definition) is 3. The monoisotopic (exact) mass is 354 g/mol. The van der Waals surface area contributed by atoms with Crippen molar-refractivity contribution in [1.29, 1.82) is 0 Å². The summed E-state index contributed by atoms with van der Waals surface area (Å²) in [6, 6.07) is 13.1. The van der Waals surface area contributed by atoms with Crippen LogP contribution in [0.1, 0.15) is 24.0 Å². The maximum absolute atomic E-state index is 12.7. The first-order valence-corrected chi connectivity index (χ1v) is 8.41. The Morgan fingerprint density at radius 1 is 0.880 bits per heavy atom. The largest absolute Gasteiger partial charge is 0.497 e. The Kier molecular flexibility index (Phi) is 5.25. The lowest BCUT2D eigenvalue weighted by Gasteiger charge is -2.06. The number of hydrogen-bond donors (Lipinski definition) is 0. The molecule has 0 amide bonds. The molecular weight excluding hydrogens is 336 g/mol. The number of ketones is 1. The van der Waals surface area contributed by atoms with Crippen molar-refractivity contribution in [3.8, 4) is 11.5 Å². The molecule has 0 aromatic heterocycles. The van der Waals surface area contributed by atoms with Gasteiger partial charge in [0.15, 0.2) is 5.78 Å². The van der Waals surface area contributed by atoms with Crippen molar-refractivity contribution >= 4 is 29.5 Å². The average molecular weight is 355 g/mol. The molecule has 1 aliphatic rings. The van der Waals surface area contributed by atoms with Crippen LogP contribution < -0.4 is 9.47 Å². The van der Waals surface area contributed by atoms with Crippen LogP contribution in [0, 0.1) is 0 Å². The van der Waals surface area contributed by atoms with Crippen LogP contribution in [-0.4, -0.2) is 20.0 Å². The van der Waals surface area contributed by atoms with Crippen molar-refractivity contribution in [2.24, 2.45) is 0 Å². The topological polar surface area (TPSA) is 35.5 Å². The fourth-order valence-corrected chi connectivity index (χ4v) is 3.09. The number of Topliss-reactive ketones (excluding diaryl/α,β-unsaturated/α-hetero) is 1. The molecule has 3 rings (SSSR count). The number of methoxy groups -OCH3 is 2. The van der Waals surface area contributed by atoms with E-state index in [9.17, 15) is 4.79 Å². The van der Waals surface area contributed by atoms with Gasteiger partial charge in [0, 0.05) is 22.2 Å². The summed E-state index contributed by atoms with van der Waals surface area (Å²) in [4.78, 5) is 12.7. The first-order chi connectivity index (χ1) is 12.1. The second kappa shape index (κ2) is 7.58. The van der Waals surface area contributed by atoms with Gasteiger partial charge >= 0.3 is 0 Å². The second-order valence-electron chi connectivity index (χ2n) is 5.87. The number of allylic oxidation sites excluding steroid dienone is 2. The molecule has 1 fully saturated rings. The first-order valence-electron chi connectivity index (χ1n) is 8.03. The highest BCUT2D eigenvalue weighted by Crippen LogP contribution is 2.31. The van der Waals surface area contributed by atoms with E-state index < -0.39 is 0 Å². The molecule has 0 aliphatic heterocycles. The Balaban J connectivity index is 1.88. The smallest absolute Gasteiger partial charge is 0.185 e. The van der Waals surface area contributed by atoms with Crippen molar-refractivity contribution in [2.45, 2.75) is 12.8 Å². The summed E-state index contributed by atoms with van der Waals surface area (Å²) in [5.41, 5.74) is 3.44. The fraction of sp³-hybridized carbons (Fsp3) is 0.190. The predicted molar refractivity (Wildman–Crippen MR) is 101 cm³/mol. The molecule has 0 atom stereocenters. The van der Waals surface area contributed by atoms with E-state index in [1.807, 2.05) is 54.6 Å². The third kappa shape index (κ3) is 4.12. The lowest BCUT2D eigenvalue weighted by molar-refractivity contribution is -0.111. The van der Waals surface area contributed by atoms with E-state index in [4.69, 9.17) is 21.1 Å². The molecule has 0 spiro atoms. The van der Waals surface area contributed by atoms with Gasteiger partial charge in [-0.2, -0.15) is 0 Å². The van der Waals surface area contributed by atoms with E-state index >= 15 is 0 Å². The van der Waals surface area contributed by atoms with Crippen molar-refractivity contribution in [3.05, 3.63) is 69.8 Å². The van der Waals surface area contributed by atoms with Gasteiger partial charge in [-0.05, 0) is 60.4 Å². The summed E-state index contributed by atoms with van der Waals surface area (Å²) >= 11 is 6.01. The van der Waals surface area contributed by atoms with E-state index in [2.05, 4.69) is 0 Å². The van der Waals surface area contributed by atoms with Crippen LogP contribution in [0.5, 0.6) is 11.5 Å². The Bertz CT molecular complexity index is 843. The summed E-state index contributed by atoms with van der Waals surface area (Å²) in [7, 11) is 3.22. The number of halogens is 1. The van der Waals surface area contributed by atoms with Gasteiger partial charge < -0.3 is 9.47 Å². The quantitative estimate of drug-likeness (QED) is 0.709. The van der Waals surface area contributed by atoms with Gasteiger partial charge in [0.2, 0.25) is 0 Å². The maximum atomic E-state index is 12.7. The zero-order chi connectivity index (χ0) is 17.8. The number of rotatable bonds is 4. The van der Waals surface area contributed by atoms with Crippen molar-refractivity contribution in [2.75, 3.05) is 14.2 Å². The van der Waals surface area contributed by atoms with Crippen LogP contribution in [-0.2, 0) is 4.79 Å². The van der Waals surface area contributed by atoms with Crippen LogP contribution in [0.2, 0.25) is 5.02 Å². The number of benzene rings is 2. The molecular formula is C21H19ClO3. The van der Waals surface area contributed by atoms with E-state index in [0.717, 1.165) is 35.1 Å². The lowest BCUT2D eigenvalue weighted by Crippen LogP contribution is -1.96. The van der Waals surface area contributed by atoms with E-state index in [1.165, 1.54) is 0 Å². The van der Waals surface area contributed by atoms with E-state index in [-0.39, 0.29) is 5.78 Å². The van der Waals surface area contributed by atoms with Gasteiger partial charge in [0.25, 0.3) is 0 Å². The minimum atomic E-state index is 0.0850. The zero-order valence-electron chi connectivity index (χ0n) is 14.2. The van der Waals surface area contributed by atoms with E-state index in [0.29, 0.717) is 16.5 Å². The van der Waals surface area contributed by atoms with Gasteiger partial charge in [-0.25, -0.2) is 0 Å². The van der Waals surface area contributed by atoms with Crippen LogP contribution in [0.4, 0.5) is 0 Å². The van der Waals surface area contributed by atoms with Crippen LogP contribution >= 0.6 is 11.6 Å². The minimum absolute atomic E-state index is 0.0850. The molecule has 0 unspecified atom stereocenters. The predicted octanol–water partition coefficient (Wildman–Crippen LogP) is 5.19. The lowest BCUT2D eigenvalue weighted by atomic mass is 10.1. The van der Waals surface area contributed by atoms with Crippen LogP contribution in [0.25, 0.3) is 12.2 Å². The molecule has 128 valence electrons. The molecule has 0 radical (unpaired) electrons. The van der Waals surface area contributed by atoms with Crippen molar-refractivity contribution in [1.82, 2.24) is 0 Å². The third-order valence-electron chi connectivity index (χ3n) is 4.15. The molecule has 3 nitrogen and oxygen atoms in total. The molecule has 25 heavy (non-hydrogen) atoms. The summed E-state index contributed by atoms with van der Waals surface area (Å²) in [5.74, 6) is 1.49. The first kappa shape index (κ1) is 17.3. The van der Waals surface area contributed by atoms with Gasteiger partial charge in [-0.3, -0.25) is 4.79 Å². The zero-order valence-corrected chi connectivity index (χ0v) is 15.0. The van der Waals surface area contributed by atoms with Gasteiger partial charge in [-0.1, -0.05) is 23.7 Å². The average Bonchev–Trinajstić information content (AvgIpc) is 2.94. The Morgan fingerprint density at radius 2 is 1.48 bits per heavy atom. The Hall–Kier alpha value is -2.52. The normalized spacial score (nSPS) is 17.3. The fourth-order valence-electron chi connectivity index (χ4n) is 2.89. The highest BCUT2D eigenvalue weighted by atomic mass is 35.5.